The molecule has 1 atom stereocenters. The molecule has 8 heteroatoms. The van der Waals surface area contributed by atoms with Gasteiger partial charge in [-0.15, -0.1) is 0 Å². The SMILES string of the molecule is CC(C)CNS(=O)(=O)c1cc2c(c3cnc(C4CC4)cc13)[C@H](Nc1nc3ccccc3[nH]1)CC2. The fraction of sp³-hybridized carbons (Fsp3) is 0.385. The van der Waals surface area contributed by atoms with Crippen LogP contribution in [0.5, 0.6) is 0 Å². The normalized spacial score (nSPS) is 18.1. The second kappa shape index (κ2) is 8.06. The summed E-state index contributed by atoms with van der Waals surface area (Å²) in [4.78, 5) is 13.2. The Balaban J connectivity index is 1.45. The van der Waals surface area contributed by atoms with E-state index in [0.29, 0.717) is 17.4 Å². The lowest BCUT2D eigenvalue weighted by Gasteiger charge is -2.18. The molecule has 0 aliphatic heterocycles. The van der Waals surface area contributed by atoms with Crippen LogP contribution in [0.1, 0.15) is 61.9 Å². The van der Waals surface area contributed by atoms with Gasteiger partial charge in [-0.05, 0) is 67.0 Å². The Morgan fingerprint density at radius 2 is 1.94 bits per heavy atom. The molecule has 2 aromatic carbocycles. The molecule has 0 amide bonds. The second-order valence-corrected chi connectivity index (χ2v) is 11.7. The Kier molecular flexibility index (Phi) is 5.11. The number of fused-ring (bicyclic) bond motifs is 4. The summed E-state index contributed by atoms with van der Waals surface area (Å²) in [6, 6.07) is 11.9. The van der Waals surface area contributed by atoms with Crippen molar-refractivity contribution in [1.29, 1.82) is 0 Å². The summed E-state index contributed by atoms with van der Waals surface area (Å²) in [5.41, 5.74) is 5.09. The van der Waals surface area contributed by atoms with Crippen molar-refractivity contribution in [3.05, 3.63) is 59.4 Å². The lowest BCUT2D eigenvalue weighted by molar-refractivity contribution is 0.561. The minimum absolute atomic E-state index is 0.0343. The molecule has 6 rings (SSSR count). The number of aromatic nitrogens is 3. The molecule has 2 heterocycles. The summed E-state index contributed by atoms with van der Waals surface area (Å²) in [6.07, 6.45) is 5.80. The molecule has 34 heavy (non-hydrogen) atoms. The summed E-state index contributed by atoms with van der Waals surface area (Å²) in [5.74, 6) is 1.41. The molecular weight excluding hydrogens is 446 g/mol. The van der Waals surface area contributed by atoms with Gasteiger partial charge in [0, 0.05) is 35.1 Å². The summed E-state index contributed by atoms with van der Waals surface area (Å²) < 4.78 is 29.5. The first kappa shape index (κ1) is 21.6. The van der Waals surface area contributed by atoms with E-state index in [1.165, 1.54) is 0 Å². The van der Waals surface area contributed by atoms with Gasteiger partial charge in [0.1, 0.15) is 0 Å². The number of para-hydroxylation sites is 2. The van der Waals surface area contributed by atoms with E-state index in [-0.39, 0.29) is 12.0 Å². The average Bonchev–Trinajstić information content (AvgIpc) is 3.47. The Labute approximate surface area is 199 Å². The van der Waals surface area contributed by atoms with Gasteiger partial charge in [-0.1, -0.05) is 26.0 Å². The highest BCUT2D eigenvalue weighted by Crippen LogP contribution is 2.44. The van der Waals surface area contributed by atoms with Gasteiger partial charge in [0.25, 0.3) is 0 Å². The summed E-state index contributed by atoms with van der Waals surface area (Å²) in [7, 11) is -3.64. The number of aromatic amines is 1. The van der Waals surface area contributed by atoms with Gasteiger partial charge in [-0.3, -0.25) is 4.98 Å². The van der Waals surface area contributed by atoms with E-state index in [1.807, 2.05) is 56.4 Å². The van der Waals surface area contributed by atoms with Crippen molar-refractivity contribution < 1.29 is 8.42 Å². The van der Waals surface area contributed by atoms with Crippen molar-refractivity contribution in [2.45, 2.75) is 56.4 Å². The summed E-state index contributed by atoms with van der Waals surface area (Å²) in [5, 5.41) is 5.25. The molecule has 1 saturated carbocycles. The average molecular weight is 476 g/mol. The van der Waals surface area contributed by atoms with Gasteiger partial charge in [-0.2, -0.15) is 0 Å². The molecule has 2 aromatic heterocycles. The first-order valence-electron chi connectivity index (χ1n) is 12.1. The molecule has 0 saturated heterocycles. The van der Waals surface area contributed by atoms with Crippen LogP contribution in [-0.4, -0.2) is 29.9 Å². The second-order valence-electron chi connectivity index (χ2n) is 9.96. The molecule has 4 aromatic rings. The molecule has 7 nitrogen and oxygen atoms in total. The van der Waals surface area contributed by atoms with Crippen molar-refractivity contribution in [1.82, 2.24) is 19.7 Å². The third kappa shape index (κ3) is 3.84. The first-order chi connectivity index (χ1) is 16.4. The number of anilines is 1. The number of hydrogen-bond donors (Lipinski definition) is 3. The van der Waals surface area contributed by atoms with Crippen LogP contribution in [0.3, 0.4) is 0 Å². The number of rotatable bonds is 7. The number of pyridine rings is 1. The summed E-state index contributed by atoms with van der Waals surface area (Å²) in [6.45, 7) is 4.43. The quantitative estimate of drug-likeness (QED) is 0.348. The highest BCUT2D eigenvalue weighted by atomic mass is 32.2. The van der Waals surface area contributed by atoms with Crippen LogP contribution < -0.4 is 10.0 Å². The predicted molar refractivity (Wildman–Crippen MR) is 135 cm³/mol. The standard InChI is InChI=1S/C26H29N5O2S/c1-15(2)13-28-34(32,33)24-11-17-9-10-22(31-26-29-20-5-3-4-6-21(20)30-26)25(17)19-14-27-23(12-18(19)24)16-7-8-16/h3-6,11-12,14-16,22,28H,7-10,13H2,1-2H3,(H2,29,30,31)/t22-/m1/s1. The van der Waals surface area contributed by atoms with Gasteiger partial charge in [0.05, 0.1) is 22.0 Å². The van der Waals surface area contributed by atoms with E-state index in [1.54, 1.807) is 0 Å². The smallest absolute Gasteiger partial charge is 0.241 e. The predicted octanol–water partition coefficient (Wildman–Crippen LogP) is 5.02. The van der Waals surface area contributed by atoms with Crippen LogP contribution in [0, 0.1) is 5.92 Å². The number of aryl methyl sites for hydroxylation is 1. The fourth-order valence-electron chi connectivity index (χ4n) is 4.95. The van der Waals surface area contributed by atoms with E-state index in [0.717, 1.165) is 70.3 Å². The molecule has 2 aliphatic carbocycles. The van der Waals surface area contributed by atoms with E-state index in [4.69, 9.17) is 4.98 Å². The number of H-pyrrole nitrogens is 1. The van der Waals surface area contributed by atoms with Crippen LogP contribution in [0.4, 0.5) is 5.95 Å². The van der Waals surface area contributed by atoms with E-state index >= 15 is 0 Å². The molecule has 176 valence electrons. The number of hydrogen-bond acceptors (Lipinski definition) is 5. The van der Waals surface area contributed by atoms with Gasteiger partial charge in [0.2, 0.25) is 16.0 Å². The van der Waals surface area contributed by atoms with Gasteiger partial charge in [0.15, 0.2) is 0 Å². The van der Waals surface area contributed by atoms with Crippen molar-refractivity contribution in [3.8, 4) is 0 Å². The first-order valence-corrected chi connectivity index (χ1v) is 13.5. The van der Waals surface area contributed by atoms with E-state index in [2.05, 4.69) is 20.0 Å². The largest absolute Gasteiger partial charge is 0.349 e. The van der Waals surface area contributed by atoms with Crippen molar-refractivity contribution in [2.75, 3.05) is 11.9 Å². The summed E-state index contributed by atoms with van der Waals surface area (Å²) >= 11 is 0. The van der Waals surface area contributed by atoms with Crippen molar-refractivity contribution in [3.63, 3.8) is 0 Å². The van der Waals surface area contributed by atoms with E-state index in [9.17, 15) is 8.42 Å². The van der Waals surface area contributed by atoms with Crippen LogP contribution in [0.15, 0.2) is 47.5 Å². The molecule has 0 spiro atoms. The zero-order chi connectivity index (χ0) is 23.4. The molecule has 3 N–H and O–H groups in total. The molecule has 0 unspecified atom stereocenters. The number of imidazole rings is 1. The number of nitrogens with zero attached hydrogens (tertiary/aromatic N) is 2. The maximum Gasteiger partial charge on any atom is 0.241 e. The Hall–Kier alpha value is -2.97. The molecule has 0 radical (unpaired) electrons. The van der Waals surface area contributed by atoms with E-state index < -0.39 is 10.0 Å². The van der Waals surface area contributed by atoms with Crippen LogP contribution in [-0.2, 0) is 16.4 Å². The lowest BCUT2D eigenvalue weighted by Crippen LogP contribution is -2.28. The number of nitrogens with one attached hydrogen (secondary N) is 3. The van der Waals surface area contributed by atoms with Crippen molar-refractivity contribution >= 4 is 37.8 Å². The zero-order valence-corrected chi connectivity index (χ0v) is 20.2. The van der Waals surface area contributed by atoms with Crippen molar-refractivity contribution in [2.24, 2.45) is 5.92 Å². The number of sulfonamides is 1. The highest BCUT2D eigenvalue weighted by molar-refractivity contribution is 7.89. The maximum atomic E-state index is 13.4. The molecule has 1 fully saturated rings. The number of benzene rings is 2. The maximum absolute atomic E-state index is 13.4. The molecule has 2 aliphatic rings. The Morgan fingerprint density at radius 1 is 1.12 bits per heavy atom. The minimum Gasteiger partial charge on any atom is -0.349 e. The monoisotopic (exact) mass is 475 g/mol. The Morgan fingerprint density at radius 3 is 2.71 bits per heavy atom. The fourth-order valence-corrected chi connectivity index (χ4v) is 6.41. The molecule has 0 bridgehead atoms. The highest BCUT2D eigenvalue weighted by Gasteiger charge is 2.32. The Bertz CT molecular complexity index is 1470. The third-order valence-corrected chi connectivity index (χ3v) is 8.31. The lowest BCUT2D eigenvalue weighted by atomic mass is 9.99. The molecular formula is C26H29N5O2S. The van der Waals surface area contributed by atoms with Gasteiger partial charge < -0.3 is 10.3 Å². The van der Waals surface area contributed by atoms with Crippen LogP contribution in [0.2, 0.25) is 0 Å². The van der Waals surface area contributed by atoms with Gasteiger partial charge in [-0.25, -0.2) is 18.1 Å². The van der Waals surface area contributed by atoms with Gasteiger partial charge >= 0.3 is 0 Å². The minimum atomic E-state index is -3.64. The van der Waals surface area contributed by atoms with Crippen LogP contribution >= 0.6 is 0 Å². The topological polar surface area (TPSA) is 99.8 Å². The zero-order valence-electron chi connectivity index (χ0n) is 19.4. The third-order valence-electron chi connectivity index (χ3n) is 6.85. The van der Waals surface area contributed by atoms with Crippen LogP contribution in [0.25, 0.3) is 21.8 Å².